The summed E-state index contributed by atoms with van der Waals surface area (Å²) >= 11 is 0. The number of ether oxygens (including phenoxy) is 3. The Morgan fingerprint density at radius 3 is 2.50 bits per heavy atom. The van der Waals surface area contributed by atoms with Gasteiger partial charge in [-0.1, -0.05) is 30.3 Å². The van der Waals surface area contributed by atoms with Gasteiger partial charge in [-0.3, -0.25) is 0 Å². The van der Waals surface area contributed by atoms with Crippen LogP contribution in [-0.4, -0.2) is 28.6 Å². The third-order valence-electron chi connectivity index (χ3n) is 3.63. The van der Waals surface area contributed by atoms with Crippen LogP contribution in [0.5, 0.6) is 11.6 Å². The lowest BCUT2D eigenvalue weighted by atomic mass is 10.2. The van der Waals surface area contributed by atoms with Gasteiger partial charge in [0.05, 0.1) is 18.0 Å². The normalized spacial score (nSPS) is 11.4. The van der Waals surface area contributed by atoms with Crippen molar-refractivity contribution in [2.24, 2.45) is 0 Å². The Kier molecular flexibility index (Phi) is 4.84. The van der Waals surface area contributed by atoms with Gasteiger partial charge < -0.3 is 14.2 Å². The summed E-state index contributed by atoms with van der Waals surface area (Å²) < 4.78 is 17.7. The van der Waals surface area contributed by atoms with Crippen molar-refractivity contribution in [2.45, 2.75) is 33.0 Å². The summed E-state index contributed by atoms with van der Waals surface area (Å²) in [5, 5.41) is 4.93. The highest BCUT2D eigenvalue weighted by atomic mass is 16.6. The minimum Gasteiger partial charge on any atom is -0.489 e. The van der Waals surface area contributed by atoms with Gasteiger partial charge in [-0.05, 0) is 38.5 Å². The second-order valence-corrected chi connectivity index (χ2v) is 6.85. The van der Waals surface area contributed by atoms with Crippen LogP contribution in [0, 0.1) is 0 Å². The Hall–Kier alpha value is -3.02. The molecule has 0 fully saturated rings. The molecule has 0 atom stereocenters. The molecule has 1 heterocycles. The van der Waals surface area contributed by atoms with Crippen molar-refractivity contribution < 1.29 is 19.0 Å². The maximum absolute atomic E-state index is 12.5. The smallest absolute Gasteiger partial charge is 0.435 e. The number of nitrogens with zero attached hydrogens (tertiary/aromatic N) is 2. The predicted molar refractivity (Wildman–Crippen MR) is 98.7 cm³/mol. The van der Waals surface area contributed by atoms with Gasteiger partial charge in [0.15, 0.2) is 0 Å². The molecule has 0 radical (unpaired) electrons. The van der Waals surface area contributed by atoms with E-state index in [0.29, 0.717) is 29.1 Å². The lowest BCUT2D eigenvalue weighted by Gasteiger charge is -2.19. The van der Waals surface area contributed by atoms with E-state index in [4.69, 9.17) is 14.2 Å². The first-order valence-corrected chi connectivity index (χ1v) is 8.34. The summed E-state index contributed by atoms with van der Waals surface area (Å²) in [6.45, 7) is 5.86. The molecule has 0 unspecified atom stereocenters. The lowest BCUT2D eigenvalue weighted by Crippen LogP contribution is -2.27. The van der Waals surface area contributed by atoms with Crippen molar-refractivity contribution in [1.29, 1.82) is 0 Å². The van der Waals surface area contributed by atoms with Crippen LogP contribution < -0.4 is 9.47 Å². The fourth-order valence-corrected chi connectivity index (χ4v) is 2.49. The van der Waals surface area contributed by atoms with Gasteiger partial charge in [-0.15, -0.1) is 5.10 Å². The highest BCUT2D eigenvalue weighted by Crippen LogP contribution is 2.29. The topological polar surface area (TPSA) is 62.6 Å². The molecule has 0 spiro atoms. The first kappa shape index (κ1) is 17.8. The number of carbonyl (C=O) groups is 1. The third-order valence-corrected chi connectivity index (χ3v) is 3.63. The van der Waals surface area contributed by atoms with E-state index in [1.807, 2.05) is 63.2 Å². The minimum atomic E-state index is -0.621. The van der Waals surface area contributed by atoms with Gasteiger partial charge in [-0.2, -0.15) is 4.68 Å². The number of methoxy groups -OCH3 is 1. The standard InChI is InChI=1S/C20H22N2O4/c1-20(2,3)26-19(23)22-17-12-15(10-11-16(17)18(21-22)24-4)25-13-14-8-6-5-7-9-14/h5-12H,13H2,1-4H3. The lowest BCUT2D eigenvalue weighted by molar-refractivity contribution is 0.0520. The van der Waals surface area contributed by atoms with E-state index < -0.39 is 11.7 Å². The summed E-state index contributed by atoms with van der Waals surface area (Å²) in [6, 6.07) is 15.3. The van der Waals surface area contributed by atoms with Crippen LogP contribution in [0.25, 0.3) is 10.9 Å². The van der Waals surface area contributed by atoms with E-state index >= 15 is 0 Å². The SMILES string of the molecule is COc1nn(C(=O)OC(C)(C)C)c2cc(OCc3ccccc3)ccc12. The number of hydrogen-bond acceptors (Lipinski definition) is 5. The zero-order valence-electron chi connectivity index (χ0n) is 15.4. The summed E-state index contributed by atoms with van der Waals surface area (Å²) in [6.07, 6.45) is -0.564. The Morgan fingerprint density at radius 2 is 1.85 bits per heavy atom. The largest absolute Gasteiger partial charge is 0.489 e. The van der Waals surface area contributed by atoms with E-state index in [1.165, 1.54) is 11.8 Å². The van der Waals surface area contributed by atoms with Crippen molar-refractivity contribution in [3.8, 4) is 11.6 Å². The van der Waals surface area contributed by atoms with E-state index in [1.54, 1.807) is 6.07 Å². The van der Waals surface area contributed by atoms with Gasteiger partial charge in [0, 0.05) is 6.07 Å². The molecule has 0 N–H and O–H groups in total. The maximum atomic E-state index is 12.5. The first-order chi connectivity index (χ1) is 12.4. The van der Waals surface area contributed by atoms with Crippen LogP contribution in [0.15, 0.2) is 48.5 Å². The summed E-state index contributed by atoms with van der Waals surface area (Å²) in [7, 11) is 1.51. The molecule has 3 rings (SSSR count). The molecule has 3 aromatic rings. The summed E-state index contributed by atoms with van der Waals surface area (Å²) in [5.41, 5.74) is 1.01. The Morgan fingerprint density at radius 1 is 1.12 bits per heavy atom. The van der Waals surface area contributed by atoms with E-state index in [-0.39, 0.29) is 0 Å². The van der Waals surface area contributed by atoms with Gasteiger partial charge in [0.25, 0.3) is 0 Å². The number of fused-ring (bicyclic) bond motifs is 1. The van der Waals surface area contributed by atoms with Crippen molar-refractivity contribution in [1.82, 2.24) is 9.78 Å². The van der Waals surface area contributed by atoms with Crippen molar-refractivity contribution in [2.75, 3.05) is 7.11 Å². The fraction of sp³-hybridized carbons (Fsp3) is 0.300. The molecule has 6 nitrogen and oxygen atoms in total. The van der Waals surface area contributed by atoms with Crippen LogP contribution in [-0.2, 0) is 11.3 Å². The molecule has 0 aliphatic carbocycles. The molecule has 0 saturated carbocycles. The maximum Gasteiger partial charge on any atom is 0.435 e. The monoisotopic (exact) mass is 354 g/mol. The Balaban J connectivity index is 1.91. The quantitative estimate of drug-likeness (QED) is 0.694. The molecular weight excluding hydrogens is 332 g/mol. The second-order valence-electron chi connectivity index (χ2n) is 6.85. The summed E-state index contributed by atoms with van der Waals surface area (Å²) in [4.78, 5) is 12.5. The molecule has 0 aliphatic heterocycles. The van der Waals surface area contributed by atoms with Crippen LogP contribution in [0.1, 0.15) is 26.3 Å². The molecule has 0 saturated heterocycles. The second kappa shape index (κ2) is 7.07. The first-order valence-electron chi connectivity index (χ1n) is 8.34. The number of rotatable bonds is 4. The fourth-order valence-electron chi connectivity index (χ4n) is 2.49. The average Bonchev–Trinajstić information content (AvgIpc) is 2.97. The molecule has 6 heteroatoms. The van der Waals surface area contributed by atoms with Crippen LogP contribution in [0.3, 0.4) is 0 Å². The van der Waals surface area contributed by atoms with E-state index in [9.17, 15) is 4.79 Å². The zero-order valence-corrected chi connectivity index (χ0v) is 15.4. The van der Waals surface area contributed by atoms with Crippen molar-refractivity contribution >= 4 is 17.0 Å². The molecule has 0 aliphatic rings. The minimum absolute atomic E-state index is 0.362. The molecule has 0 bridgehead atoms. The number of aromatic nitrogens is 2. The van der Waals surface area contributed by atoms with Crippen molar-refractivity contribution in [3.05, 3.63) is 54.1 Å². The molecule has 26 heavy (non-hydrogen) atoms. The third kappa shape index (κ3) is 3.96. The van der Waals surface area contributed by atoms with E-state index in [2.05, 4.69) is 5.10 Å². The predicted octanol–water partition coefficient (Wildman–Crippen LogP) is 4.41. The Labute approximate surface area is 152 Å². The molecular formula is C20H22N2O4. The number of carbonyl (C=O) groups excluding carboxylic acids is 1. The van der Waals surface area contributed by atoms with Crippen LogP contribution >= 0.6 is 0 Å². The number of hydrogen-bond donors (Lipinski definition) is 0. The van der Waals surface area contributed by atoms with Gasteiger partial charge >= 0.3 is 6.09 Å². The molecule has 1 aromatic heterocycles. The molecule has 2 aromatic carbocycles. The van der Waals surface area contributed by atoms with Gasteiger partial charge in [0.1, 0.15) is 18.0 Å². The highest BCUT2D eigenvalue weighted by Gasteiger charge is 2.22. The van der Waals surface area contributed by atoms with Gasteiger partial charge in [-0.25, -0.2) is 4.79 Å². The van der Waals surface area contributed by atoms with Gasteiger partial charge in [0.2, 0.25) is 5.88 Å². The highest BCUT2D eigenvalue weighted by molar-refractivity contribution is 5.92. The Bertz CT molecular complexity index is 911. The van der Waals surface area contributed by atoms with E-state index in [0.717, 1.165) is 5.56 Å². The molecule has 0 amide bonds. The number of benzene rings is 2. The molecule has 136 valence electrons. The summed E-state index contributed by atoms with van der Waals surface area (Å²) in [5.74, 6) is 0.995. The van der Waals surface area contributed by atoms with Crippen LogP contribution in [0.2, 0.25) is 0 Å². The van der Waals surface area contributed by atoms with Crippen molar-refractivity contribution in [3.63, 3.8) is 0 Å². The zero-order chi connectivity index (χ0) is 18.7. The average molecular weight is 354 g/mol. The van der Waals surface area contributed by atoms with Crippen LogP contribution in [0.4, 0.5) is 4.79 Å².